The van der Waals surface area contributed by atoms with Gasteiger partial charge in [-0.15, -0.1) is 0 Å². The summed E-state index contributed by atoms with van der Waals surface area (Å²) in [5.74, 6) is 0. The third-order valence-corrected chi connectivity index (χ3v) is 2.22. The first-order chi connectivity index (χ1) is 5.65. The zero-order chi connectivity index (χ0) is 9.14. The van der Waals surface area contributed by atoms with Crippen LogP contribution in [0.1, 0.15) is 13.8 Å². The van der Waals surface area contributed by atoms with Crippen molar-refractivity contribution in [2.75, 3.05) is 13.1 Å². The van der Waals surface area contributed by atoms with Gasteiger partial charge in [-0.05, 0) is 19.4 Å². The zero-order valence-electron chi connectivity index (χ0n) is 7.38. The molecule has 0 aliphatic carbocycles. The Balaban J connectivity index is 2.55. The number of hydrogen-bond donors (Lipinski definition) is 1. The highest BCUT2D eigenvalue weighted by Gasteiger charge is 2.31. The molecular weight excluding hydrogens is 156 g/mol. The number of aliphatic hydroxyl groups is 1. The Hall–Kier alpha value is -0.770. The van der Waals surface area contributed by atoms with Crippen molar-refractivity contribution in [2.45, 2.75) is 32.0 Å². The molecule has 12 heavy (non-hydrogen) atoms. The molecule has 1 aliphatic heterocycles. The Morgan fingerprint density at radius 2 is 2.25 bits per heavy atom. The quantitative estimate of drug-likeness (QED) is 0.377. The van der Waals surface area contributed by atoms with Gasteiger partial charge < -0.3 is 5.11 Å². The Morgan fingerprint density at radius 1 is 1.58 bits per heavy atom. The van der Waals surface area contributed by atoms with Gasteiger partial charge in [0, 0.05) is 24.0 Å². The predicted molar refractivity (Wildman–Crippen MR) is 45.6 cm³/mol. The van der Waals surface area contributed by atoms with Crippen LogP contribution in [0.5, 0.6) is 0 Å². The Labute approximate surface area is 71.6 Å². The molecule has 2 atom stereocenters. The van der Waals surface area contributed by atoms with Gasteiger partial charge in [0.1, 0.15) is 0 Å². The lowest BCUT2D eigenvalue weighted by Crippen LogP contribution is -2.29. The van der Waals surface area contributed by atoms with Crippen LogP contribution < -0.4 is 0 Å². The van der Waals surface area contributed by atoms with E-state index in [1.165, 1.54) is 0 Å². The minimum Gasteiger partial charge on any atom is -0.391 e. The normalized spacial score (nSPS) is 30.7. The van der Waals surface area contributed by atoms with E-state index in [0.717, 1.165) is 0 Å². The summed E-state index contributed by atoms with van der Waals surface area (Å²) < 4.78 is 0. The molecule has 68 valence electrons. The SMILES string of the molecule is CC(C)N1C[C@@H](O)[C@H](N=[N+]=[N-])C1. The van der Waals surface area contributed by atoms with Crippen molar-refractivity contribution in [3.8, 4) is 0 Å². The monoisotopic (exact) mass is 170 g/mol. The Bertz CT molecular complexity index is 200. The molecule has 1 saturated heterocycles. The van der Waals surface area contributed by atoms with Crippen molar-refractivity contribution in [2.24, 2.45) is 5.11 Å². The molecule has 0 spiro atoms. The maximum atomic E-state index is 9.43. The molecule has 1 aliphatic rings. The van der Waals surface area contributed by atoms with E-state index >= 15 is 0 Å². The average Bonchev–Trinajstić information content (AvgIpc) is 2.34. The number of hydrogen-bond acceptors (Lipinski definition) is 3. The molecular formula is C7H14N4O. The zero-order valence-corrected chi connectivity index (χ0v) is 7.38. The molecule has 5 heteroatoms. The van der Waals surface area contributed by atoms with Crippen molar-refractivity contribution >= 4 is 0 Å². The fourth-order valence-corrected chi connectivity index (χ4v) is 1.40. The van der Waals surface area contributed by atoms with Gasteiger partial charge in [-0.25, -0.2) is 0 Å². The summed E-state index contributed by atoms with van der Waals surface area (Å²) in [4.78, 5) is 4.80. The molecule has 0 aromatic heterocycles. The maximum absolute atomic E-state index is 9.43. The van der Waals surface area contributed by atoms with Crippen LogP contribution >= 0.6 is 0 Å². The minimum absolute atomic E-state index is 0.266. The van der Waals surface area contributed by atoms with Gasteiger partial charge in [-0.1, -0.05) is 5.11 Å². The lowest BCUT2D eigenvalue weighted by molar-refractivity contribution is 0.158. The van der Waals surface area contributed by atoms with Gasteiger partial charge in [-0.2, -0.15) is 0 Å². The first-order valence-corrected chi connectivity index (χ1v) is 4.11. The molecule has 0 saturated carbocycles. The van der Waals surface area contributed by atoms with E-state index in [9.17, 15) is 5.11 Å². The van der Waals surface area contributed by atoms with Crippen LogP contribution in [-0.4, -0.2) is 41.3 Å². The molecule has 1 fully saturated rings. The third-order valence-electron chi connectivity index (χ3n) is 2.22. The standard InChI is InChI=1S/C7H14N4O/c1-5(2)11-3-6(9-10-8)7(12)4-11/h5-7,12H,3-4H2,1-2H3/t6-,7-/m1/s1. The minimum atomic E-state index is -0.497. The van der Waals surface area contributed by atoms with Crippen LogP contribution in [-0.2, 0) is 0 Å². The molecule has 0 bridgehead atoms. The van der Waals surface area contributed by atoms with E-state index in [4.69, 9.17) is 5.53 Å². The van der Waals surface area contributed by atoms with Crippen LogP contribution in [0.15, 0.2) is 5.11 Å². The summed E-state index contributed by atoms with van der Waals surface area (Å²) in [7, 11) is 0. The second kappa shape index (κ2) is 3.76. The number of nitrogens with zero attached hydrogens (tertiary/aromatic N) is 4. The Morgan fingerprint density at radius 3 is 2.67 bits per heavy atom. The highest BCUT2D eigenvalue weighted by molar-refractivity contribution is 4.90. The second-order valence-corrected chi connectivity index (χ2v) is 3.39. The number of azide groups is 1. The summed E-state index contributed by atoms with van der Waals surface area (Å²) in [6.07, 6.45) is -0.497. The van der Waals surface area contributed by atoms with Crippen LogP contribution in [0.3, 0.4) is 0 Å². The molecule has 0 aromatic rings. The van der Waals surface area contributed by atoms with Crippen LogP contribution in [0, 0.1) is 0 Å². The fourth-order valence-electron chi connectivity index (χ4n) is 1.40. The smallest absolute Gasteiger partial charge is 0.0773 e. The molecule has 5 nitrogen and oxygen atoms in total. The molecule has 1 heterocycles. The number of rotatable bonds is 2. The third kappa shape index (κ3) is 1.88. The summed E-state index contributed by atoms with van der Waals surface area (Å²) in [5.41, 5.74) is 8.20. The van der Waals surface area contributed by atoms with E-state index in [2.05, 4.69) is 28.8 Å². The maximum Gasteiger partial charge on any atom is 0.0773 e. The van der Waals surface area contributed by atoms with Crippen molar-refractivity contribution < 1.29 is 5.11 Å². The van der Waals surface area contributed by atoms with E-state index < -0.39 is 6.10 Å². The van der Waals surface area contributed by atoms with Crippen LogP contribution in [0.4, 0.5) is 0 Å². The Kier molecular flexibility index (Phi) is 2.92. The van der Waals surface area contributed by atoms with Gasteiger partial charge in [0.05, 0.1) is 12.1 Å². The van der Waals surface area contributed by atoms with Gasteiger partial charge in [0.25, 0.3) is 0 Å². The van der Waals surface area contributed by atoms with Crippen molar-refractivity contribution in [3.05, 3.63) is 10.4 Å². The van der Waals surface area contributed by atoms with Crippen molar-refractivity contribution in [1.82, 2.24) is 4.90 Å². The number of β-amino-alcohol motifs (C(OH)–C–C–N with tert-alkyl or cyclic N) is 1. The highest BCUT2D eigenvalue weighted by atomic mass is 16.3. The van der Waals surface area contributed by atoms with Gasteiger partial charge in [0.2, 0.25) is 0 Å². The van der Waals surface area contributed by atoms with Gasteiger partial charge >= 0.3 is 0 Å². The van der Waals surface area contributed by atoms with E-state index in [1.807, 2.05) is 0 Å². The summed E-state index contributed by atoms with van der Waals surface area (Å²) in [6.45, 7) is 5.40. The van der Waals surface area contributed by atoms with E-state index in [1.54, 1.807) is 0 Å². The second-order valence-electron chi connectivity index (χ2n) is 3.39. The molecule has 0 aromatic carbocycles. The first kappa shape index (κ1) is 9.32. The van der Waals surface area contributed by atoms with Crippen molar-refractivity contribution in [1.29, 1.82) is 0 Å². The number of likely N-dealkylation sites (tertiary alicyclic amines) is 1. The van der Waals surface area contributed by atoms with Gasteiger partial charge in [0.15, 0.2) is 0 Å². The summed E-state index contributed by atoms with van der Waals surface area (Å²) >= 11 is 0. The van der Waals surface area contributed by atoms with Crippen LogP contribution in [0.2, 0.25) is 0 Å². The lowest BCUT2D eigenvalue weighted by Gasteiger charge is -2.18. The largest absolute Gasteiger partial charge is 0.391 e. The van der Waals surface area contributed by atoms with Crippen LogP contribution in [0.25, 0.3) is 10.4 Å². The number of aliphatic hydroxyl groups excluding tert-OH is 1. The topological polar surface area (TPSA) is 72.2 Å². The van der Waals surface area contributed by atoms with Crippen molar-refractivity contribution in [3.63, 3.8) is 0 Å². The molecule has 0 radical (unpaired) electrons. The molecule has 1 N–H and O–H groups in total. The fraction of sp³-hybridized carbons (Fsp3) is 1.00. The highest BCUT2D eigenvalue weighted by Crippen LogP contribution is 2.15. The summed E-state index contributed by atoms with van der Waals surface area (Å²) in [6, 6.07) is 0.135. The summed E-state index contributed by atoms with van der Waals surface area (Å²) in [5, 5.41) is 13.0. The van der Waals surface area contributed by atoms with E-state index in [-0.39, 0.29) is 6.04 Å². The lowest BCUT2D eigenvalue weighted by atomic mass is 10.2. The predicted octanol–water partition coefficient (Wildman–Crippen LogP) is 0.750. The molecule has 0 unspecified atom stereocenters. The van der Waals surface area contributed by atoms with Gasteiger partial charge in [-0.3, -0.25) is 4.90 Å². The molecule has 1 rings (SSSR count). The average molecular weight is 170 g/mol. The first-order valence-electron chi connectivity index (χ1n) is 4.11. The molecule has 0 amide bonds. The van der Waals surface area contributed by atoms with E-state index in [0.29, 0.717) is 19.1 Å².